The highest BCUT2D eigenvalue weighted by Gasteiger charge is 2.68. The van der Waals surface area contributed by atoms with Gasteiger partial charge in [-0.2, -0.15) is 10.4 Å². The minimum Gasteiger partial charge on any atom is -0.390 e. The van der Waals surface area contributed by atoms with Crippen LogP contribution >= 0.6 is 0 Å². The molecule has 1 N–H and O–H groups in total. The van der Waals surface area contributed by atoms with Gasteiger partial charge in [-0.05, 0) is 112 Å². The summed E-state index contributed by atoms with van der Waals surface area (Å²) in [4.78, 5) is 0. The second kappa shape index (κ2) is 6.83. The molecule has 0 amide bonds. The Kier molecular flexibility index (Phi) is 4.52. The van der Waals surface area contributed by atoms with E-state index in [1.807, 2.05) is 10.9 Å². The van der Waals surface area contributed by atoms with E-state index in [1.165, 1.54) is 44.9 Å². The van der Waals surface area contributed by atoms with Crippen LogP contribution in [0.2, 0.25) is 0 Å². The van der Waals surface area contributed by atoms with Crippen LogP contribution < -0.4 is 0 Å². The Hall–Kier alpha value is -1.38. The van der Waals surface area contributed by atoms with Crippen LogP contribution in [0.4, 0.5) is 0 Å². The van der Waals surface area contributed by atoms with Gasteiger partial charge in [-0.15, -0.1) is 0 Å². The van der Waals surface area contributed by atoms with Gasteiger partial charge in [0.1, 0.15) is 11.7 Å². The highest BCUT2D eigenvalue weighted by atomic mass is 16.6. The third-order valence-electron chi connectivity index (χ3n) is 11.3. The summed E-state index contributed by atoms with van der Waals surface area (Å²) >= 11 is 0. The molecular weight excluding hydrogens is 398 g/mol. The Morgan fingerprint density at radius 2 is 1.94 bits per heavy atom. The van der Waals surface area contributed by atoms with Crippen molar-refractivity contribution < 1.29 is 9.84 Å². The molecule has 6 rings (SSSR count). The quantitative estimate of drug-likeness (QED) is 0.637. The van der Waals surface area contributed by atoms with Crippen molar-refractivity contribution in [3.8, 4) is 6.07 Å². The van der Waals surface area contributed by atoms with Crippen molar-refractivity contribution in [2.24, 2.45) is 46.8 Å². The Labute approximate surface area is 192 Å². The SMILES string of the molecule is C[C@H]1C[C@H]2[C@H](CC[C@@H]3[C@@H]2CC[C@]2(C)[C@@H](C4(C)OC4n4cc(C#N)cn4)CC[C@@H]32)C[C@]1(C)O. The first-order chi connectivity index (χ1) is 15.2. The molecule has 5 nitrogen and oxygen atoms in total. The Bertz CT molecular complexity index is 949. The number of rotatable bonds is 2. The minimum atomic E-state index is -0.472. The molecular formula is C27H39N3O2. The van der Waals surface area contributed by atoms with E-state index in [2.05, 4.69) is 38.9 Å². The fourth-order valence-corrected chi connectivity index (χ4v) is 9.49. The third-order valence-corrected chi connectivity index (χ3v) is 11.3. The van der Waals surface area contributed by atoms with E-state index in [4.69, 9.17) is 10.00 Å². The second-order valence-corrected chi connectivity index (χ2v) is 12.8. The standard InChI is InChI=1S/C27H39N3O2/c1-16-11-21-18(12-26(16,3)31)5-6-20-19(21)9-10-25(2)22(20)7-8-23(25)27(4)24(32-27)30-15-17(13-28)14-29-30/h14-16,18-24,31H,5-12H2,1-4H3/t16-,18+,19-,20+,21-,22-,23-,24?,25-,26-,27?/m0/s1. The van der Waals surface area contributed by atoms with Crippen molar-refractivity contribution >= 4 is 0 Å². The molecule has 1 aliphatic heterocycles. The van der Waals surface area contributed by atoms with Crippen LogP contribution in [0, 0.1) is 58.2 Å². The summed E-state index contributed by atoms with van der Waals surface area (Å²) in [6.07, 6.45) is 13.6. The number of epoxide rings is 1. The van der Waals surface area contributed by atoms with Gasteiger partial charge in [0.2, 0.25) is 0 Å². The van der Waals surface area contributed by atoms with Crippen LogP contribution in [0.15, 0.2) is 12.4 Å². The van der Waals surface area contributed by atoms with Crippen molar-refractivity contribution in [1.82, 2.24) is 9.78 Å². The van der Waals surface area contributed by atoms with Crippen LogP contribution in [0.1, 0.15) is 90.9 Å². The van der Waals surface area contributed by atoms with Crippen LogP contribution in [0.5, 0.6) is 0 Å². The fourth-order valence-electron chi connectivity index (χ4n) is 9.49. The molecule has 0 bridgehead atoms. The maximum absolute atomic E-state index is 10.9. The molecule has 4 saturated carbocycles. The normalized spacial score (nSPS) is 54.2. The first kappa shape index (κ1) is 21.2. The zero-order chi connectivity index (χ0) is 22.5. The lowest BCUT2D eigenvalue weighted by atomic mass is 9.47. The molecule has 174 valence electrons. The van der Waals surface area contributed by atoms with Crippen LogP contribution in [0.25, 0.3) is 0 Å². The molecule has 0 radical (unpaired) electrons. The number of ether oxygens (including phenoxy) is 1. The van der Waals surface area contributed by atoms with E-state index in [0.29, 0.717) is 22.8 Å². The average molecular weight is 438 g/mol. The topological polar surface area (TPSA) is 74.4 Å². The maximum Gasteiger partial charge on any atom is 0.179 e. The lowest BCUT2D eigenvalue weighted by Crippen LogP contribution is -2.53. The van der Waals surface area contributed by atoms with Gasteiger partial charge in [0.25, 0.3) is 0 Å². The molecule has 1 aromatic heterocycles. The van der Waals surface area contributed by atoms with E-state index in [0.717, 1.165) is 36.0 Å². The molecule has 32 heavy (non-hydrogen) atoms. The maximum atomic E-state index is 10.9. The Morgan fingerprint density at radius 3 is 2.69 bits per heavy atom. The van der Waals surface area contributed by atoms with Crippen LogP contribution in [-0.4, -0.2) is 26.1 Å². The molecule has 1 saturated heterocycles. The molecule has 11 atom stereocenters. The Balaban J connectivity index is 1.22. The largest absolute Gasteiger partial charge is 0.390 e. The summed E-state index contributed by atoms with van der Waals surface area (Å²) in [5.74, 6) is 5.04. The molecule has 0 aromatic carbocycles. The van der Waals surface area contributed by atoms with E-state index in [9.17, 15) is 5.11 Å². The summed E-state index contributed by atoms with van der Waals surface area (Å²) in [5.41, 5.74) is 0.315. The molecule has 5 heteroatoms. The van der Waals surface area contributed by atoms with E-state index in [-0.39, 0.29) is 11.8 Å². The van der Waals surface area contributed by atoms with E-state index >= 15 is 0 Å². The highest BCUT2D eigenvalue weighted by Crippen LogP contribution is 2.70. The van der Waals surface area contributed by atoms with Gasteiger partial charge in [-0.25, -0.2) is 4.68 Å². The third kappa shape index (κ3) is 2.84. The summed E-state index contributed by atoms with van der Waals surface area (Å²) < 4.78 is 8.25. The summed E-state index contributed by atoms with van der Waals surface area (Å²) in [7, 11) is 0. The van der Waals surface area contributed by atoms with Crippen molar-refractivity contribution in [2.45, 2.75) is 96.5 Å². The van der Waals surface area contributed by atoms with Crippen molar-refractivity contribution in [1.29, 1.82) is 5.26 Å². The number of aliphatic hydroxyl groups is 1. The summed E-state index contributed by atoms with van der Waals surface area (Å²) in [6.45, 7) is 9.21. The molecule has 4 aliphatic carbocycles. The summed E-state index contributed by atoms with van der Waals surface area (Å²) in [6, 6.07) is 2.19. The van der Waals surface area contributed by atoms with Gasteiger partial charge in [0.15, 0.2) is 6.23 Å². The van der Waals surface area contributed by atoms with Crippen molar-refractivity contribution in [2.75, 3.05) is 0 Å². The van der Waals surface area contributed by atoms with E-state index < -0.39 is 5.60 Å². The monoisotopic (exact) mass is 437 g/mol. The predicted octanol–water partition coefficient (Wildman–Crippen LogP) is 5.31. The number of nitrogens with zero attached hydrogens (tertiary/aromatic N) is 3. The molecule has 5 fully saturated rings. The molecule has 1 aromatic rings. The smallest absolute Gasteiger partial charge is 0.179 e. The summed E-state index contributed by atoms with van der Waals surface area (Å²) in [5, 5.41) is 24.5. The first-order valence-electron chi connectivity index (χ1n) is 13.0. The minimum absolute atomic E-state index is 0.0277. The van der Waals surface area contributed by atoms with Crippen LogP contribution in [-0.2, 0) is 4.74 Å². The zero-order valence-electron chi connectivity index (χ0n) is 20.1. The Morgan fingerprint density at radius 1 is 1.12 bits per heavy atom. The fraction of sp³-hybridized carbons (Fsp3) is 0.852. The number of nitriles is 1. The number of hydrogen-bond acceptors (Lipinski definition) is 4. The molecule has 5 aliphatic rings. The zero-order valence-corrected chi connectivity index (χ0v) is 20.1. The van der Waals surface area contributed by atoms with Gasteiger partial charge in [0, 0.05) is 6.20 Å². The van der Waals surface area contributed by atoms with Crippen LogP contribution in [0.3, 0.4) is 0 Å². The number of hydrogen-bond donors (Lipinski definition) is 1. The van der Waals surface area contributed by atoms with E-state index in [1.54, 1.807) is 6.20 Å². The first-order valence-corrected chi connectivity index (χ1v) is 13.0. The highest BCUT2D eigenvalue weighted by molar-refractivity contribution is 5.23. The number of fused-ring (bicyclic) bond motifs is 5. The van der Waals surface area contributed by atoms with Crippen molar-refractivity contribution in [3.05, 3.63) is 18.0 Å². The lowest BCUT2D eigenvalue weighted by molar-refractivity contribution is -0.125. The van der Waals surface area contributed by atoms with Gasteiger partial charge >= 0.3 is 0 Å². The van der Waals surface area contributed by atoms with Gasteiger partial charge in [0.05, 0.1) is 17.4 Å². The number of aromatic nitrogens is 2. The van der Waals surface area contributed by atoms with Gasteiger partial charge in [-0.3, -0.25) is 0 Å². The van der Waals surface area contributed by atoms with Gasteiger partial charge in [-0.1, -0.05) is 13.8 Å². The van der Waals surface area contributed by atoms with Crippen molar-refractivity contribution in [3.63, 3.8) is 0 Å². The molecule has 2 heterocycles. The molecule has 2 unspecified atom stereocenters. The lowest BCUT2D eigenvalue weighted by Gasteiger charge is -2.58. The molecule has 0 spiro atoms. The predicted molar refractivity (Wildman–Crippen MR) is 121 cm³/mol. The second-order valence-electron chi connectivity index (χ2n) is 12.8. The average Bonchev–Trinajstić information content (AvgIpc) is 3.10. The van der Waals surface area contributed by atoms with Gasteiger partial charge < -0.3 is 9.84 Å².